The lowest BCUT2D eigenvalue weighted by molar-refractivity contribution is -0.158. The third kappa shape index (κ3) is 8.67. The van der Waals surface area contributed by atoms with Gasteiger partial charge in [0.1, 0.15) is 18.2 Å². The molecule has 0 aromatic carbocycles. The molecule has 0 aromatic rings. The van der Waals surface area contributed by atoms with Crippen molar-refractivity contribution in [2.75, 3.05) is 25.0 Å². The molecule has 1 unspecified atom stereocenters. The summed E-state index contributed by atoms with van der Waals surface area (Å²) in [6, 6.07) is -1.03. The van der Waals surface area contributed by atoms with Crippen LogP contribution in [-0.2, 0) is 23.9 Å². The Hall–Kier alpha value is -1.15. The SMILES string of the molecule is CCOC(=O)CN(CC(N)C(=O)OC(C)(C)C)C(=O)CBr. The maximum Gasteiger partial charge on any atom is 0.325 e. The van der Waals surface area contributed by atoms with E-state index in [0.717, 1.165) is 0 Å². The largest absolute Gasteiger partial charge is 0.465 e. The first-order chi connectivity index (χ1) is 9.60. The highest BCUT2D eigenvalue weighted by Gasteiger charge is 2.27. The number of nitrogens with two attached hydrogens (primary N) is 1. The average Bonchev–Trinajstić information content (AvgIpc) is 2.35. The minimum Gasteiger partial charge on any atom is -0.465 e. The molecule has 0 bridgehead atoms. The second-order valence-corrected chi connectivity index (χ2v) is 5.91. The molecule has 0 aliphatic carbocycles. The van der Waals surface area contributed by atoms with Gasteiger partial charge in [-0.15, -0.1) is 0 Å². The Bertz CT molecular complexity index is 381. The van der Waals surface area contributed by atoms with Crippen LogP contribution >= 0.6 is 15.9 Å². The van der Waals surface area contributed by atoms with E-state index in [2.05, 4.69) is 15.9 Å². The molecule has 0 aliphatic rings. The minimum atomic E-state index is -1.03. The highest BCUT2D eigenvalue weighted by Crippen LogP contribution is 2.08. The van der Waals surface area contributed by atoms with Gasteiger partial charge in [0.2, 0.25) is 5.91 Å². The van der Waals surface area contributed by atoms with Gasteiger partial charge in [0, 0.05) is 6.54 Å². The fourth-order valence-electron chi connectivity index (χ4n) is 1.39. The number of carbonyl (C=O) groups excluding carboxylic acids is 3. The molecule has 0 saturated carbocycles. The van der Waals surface area contributed by atoms with Crippen LogP contribution in [0.3, 0.4) is 0 Å². The summed E-state index contributed by atoms with van der Waals surface area (Å²) in [6.45, 7) is 6.67. The maximum absolute atomic E-state index is 11.8. The van der Waals surface area contributed by atoms with E-state index in [1.54, 1.807) is 27.7 Å². The Morgan fingerprint density at radius 1 is 1.29 bits per heavy atom. The molecule has 7 nitrogen and oxygen atoms in total. The summed E-state index contributed by atoms with van der Waals surface area (Å²) in [6.07, 6.45) is 0. The first-order valence-corrected chi connectivity index (χ1v) is 7.70. The lowest BCUT2D eigenvalue weighted by Gasteiger charge is -2.26. The third-order valence-electron chi connectivity index (χ3n) is 2.22. The zero-order valence-electron chi connectivity index (χ0n) is 12.8. The number of alkyl halides is 1. The molecule has 0 aliphatic heterocycles. The Morgan fingerprint density at radius 3 is 2.29 bits per heavy atom. The Kier molecular flexibility index (Phi) is 8.50. The normalized spacial score (nSPS) is 12.5. The van der Waals surface area contributed by atoms with Crippen molar-refractivity contribution >= 4 is 33.8 Å². The van der Waals surface area contributed by atoms with Crippen LogP contribution in [0.4, 0.5) is 0 Å². The van der Waals surface area contributed by atoms with Crippen LogP contribution in [0.2, 0.25) is 0 Å². The first kappa shape index (κ1) is 19.9. The van der Waals surface area contributed by atoms with Gasteiger partial charge in [-0.3, -0.25) is 14.4 Å². The van der Waals surface area contributed by atoms with Crippen molar-refractivity contribution in [1.29, 1.82) is 0 Å². The molecule has 21 heavy (non-hydrogen) atoms. The highest BCUT2D eigenvalue weighted by atomic mass is 79.9. The van der Waals surface area contributed by atoms with Crippen LogP contribution in [0, 0.1) is 0 Å². The molecule has 0 aromatic heterocycles. The average molecular weight is 367 g/mol. The topological polar surface area (TPSA) is 98.9 Å². The fraction of sp³-hybridized carbons (Fsp3) is 0.769. The van der Waals surface area contributed by atoms with Gasteiger partial charge in [-0.05, 0) is 27.7 Å². The zero-order valence-corrected chi connectivity index (χ0v) is 14.4. The molecule has 0 saturated heterocycles. The Labute approximate surface area is 133 Å². The van der Waals surface area contributed by atoms with Crippen LogP contribution in [0.1, 0.15) is 27.7 Å². The molecule has 0 heterocycles. The molecule has 8 heteroatoms. The van der Waals surface area contributed by atoms with E-state index in [1.165, 1.54) is 4.90 Å². The molecule has 1 amide bonds. The van der Waals surface area contributed by atoms with Gasteiger partial charge in [-0.1, -0.05) is 15.9 Å². The smallest absolute Gasteiger partial charge is 0.325 e. The monoisotopic (exact) mass is 366 g/mol. The Morgan fingerprint density at radius 2 is 1.86 bits per heavy atom. The van der Waals surface area contributed by atoms with Crippen molar-refractivity contribution in [3.63, 3.8) is 0 Å². The van der Waals surface area contributed by atoms with Crippen molar-refractivity contribution < 1.29 is 23.9 Å². The van der Waals surface area contributed by atoms with Crippen molar-refractivity contribution in [2.24, 2.45) is 5.73 Å². The van der Waals surface area contributed by atoms with E-state index >= 15 is 0 Å². The molecule has 0 fully saturated rings. The van der Waals surface area contributed by atoms with E-state index in [0.29, 0.717) is 0 Å². The number of rotatable bonds is 7. The molecular weight excluding hydrogens is 344 g/mol. The number of ether oxygens (including phenoxy) is 2. The van der Waals surface area contributed by atoms with Gasteiger partial charge in [0.05, 0.1) is 11.9 Å². The van der Waals surface area contributed by atoms with E-state index in [-0.39, 0.29) is 30.9 Å². The number of hydrogen-bond donors (Lipinski definition) is 1. The number of hydrogen-bond acceptors (Lipinski definition) is 6. The molecule has 0 spiro atoms. The van der Waals surface area contributed by atoms with Crippen molar-refractivity contribution in [2.45, 2.75) is 39.3 Å². The van der Waals surface area contributed by atoms with Crippen LogP contribution in [0.5, 0.6) is 0 Å². The van der Waals surface area contributed by atoms with E-state index in [9.17, 15) is 14.4 Å². The second kappa shape index (κ2) is 8.99. The fourth-order valence-corrected chi connectivity index (χ4v) is 1.75. The molecule has 0 radical (unpaired) electrons. The number of carbonyl (C=O) groups is 3. The molecule has 0 rings (SSSR count). The van der Waals surface area contributed by atoms with Crippen molar-refractivity contribution in [1.82, 2.24) is 4.90 Å². The summed E-state index contributed by atoms with van der Waals surface area (Å²) in [5, 5.41) is 0.0213. The van der Waals surface area contributed by atoms with E-state index in [1.807, 2.05) is 0 Å². The molecule has 122 valence electrons. The maximum atomic E-state index is 11.8. The van der Waals surface area contributed by atoms with Crippen LogP contribution in [0.25, 0.3) is 0 Å². The summed E-state index contributed by atoms with van der Waals surface area (Å²) in [5.41, 5.74) is 5.07. The lowest BCUT2D eigenvalue weighted by atomic mass is 10.2. The predicted octanol–water partition coefficient (Wildman–Crippen LogP) is 0.442. The van der Waals surface area contributed by atoms with Gasteiger partial charge in [0.15, 0.2) is 0 Å². The highest BCUT2D eigenvalue weighted by molar-refractivity contribution is 9.09. The predicted molar refractivity (Wildman–Crippen MR) is 80.8 cm³/mol. The second-order valence-electron chi connectivity index (χ2n) is 5.35. The number of esters is 2. The number of halogens is 1. The summed E-state index contributed by atoms with van der Waals surface area (Å²) in [7, 11) is 0. The Balaban J connectivity index is 4.69. The van der Waals surface area contributed by atoms with Gasteiger partial charge >= 0.3 is 11.9 Å². The first-order valence-electron chi connectivity index (χ1n) is 6.58. The molecule has 2 N–H and O–H groups in total. The lowest BCUT2D eigenvalue weighted by Crippen LogP contribution is -2.49. The standard InChI is InChI=1S/C13H23BrN2O5/c1-5-20-11(18)8-16(10(17)6-14)7-9(15)12(19)21-13(2,3)4/h9H,5-8,15H2,1-4H3. The van der Waals surface area contributed by atoms with Crippen molar-refractivity contribution in [3.8, 4) is 0 Å². The quantitative estimate of drug-likeness (QED) is 0.518. The van der Waals surface area contributed by atoms with Crippen LogP contribution in [-0.4, -0.2) is 59.4 Å². The number of amides is 1. The van der Waals surface area contributed by atoms with Gasteiger partial charge in [-0.2, -0.15) is 0 Å². The molecule has 1 atom stereocenters. The summed E-state index contributed by atoms with van der Waals surface area (Å²) in [5.74, 6) is -1.54. The van der Waals surface area contributed by atoms with E-state index < -0.39 is 23.6 Å². The summed E-state index contributed by atoms with van der Waals surface area (Å²) >= 11 is 3.02. The van der Waals surface area contributed by atoms with Crippen LogP contribution in [0.15, 0.2) is 0 Å². The minimum absolute atomic E-state index is 0.0213. The van der Waals surface area contributed by atoms with Gasteiger partial charge in [-0.25, -0.2) is 0 Å². The summed E-state index contributed by atoms with van der Waals surface area (Å²) in [4.78, 5) is 36.2. The third-order valence-corrected chi connectivity index (χ3v) is 2.70. The summed E-state index contributed by atoms with van der Waals surface area (Å²) < 4.78 is 9.92. The molecular formula is C13H23BrN2O5. The van der Waals surface area contributed by atoms with E-state index in [4.69, 9.17) is 15.2 Å². The van der Waals surface area contributed by atoms with Crippen LogP contribution < -0.4 is 5.73 Å². The van der Waals surface area contributed by atoms with Crippen molar-refractivity contribution in [3.05, 3.63) is 0 Å². The zero-order chi connectivity index (χ0) is 16.6. The van der Waals surface area contributed by atoms with Gasteiger partial charge in [0.25, 0.3) is 0 Å². The number of nitrogens with zero attached hydrogens (tertiary/aromatic N) is 1. The van der Waals surface area contributed by atoms with Gasteiger partial charge < -0.3 is 20.1 Å².